The molecule has 164 valence electrons. The first-order valence-corrected chi connectivity index (χ1v) is 11.5. The van der Waals surface area contributed by atoms with Gasteiger partial charge in [0.05, 0.1) is 5.56 Å². The van der Waals surface area contributed by atoms with E-state index in [4.69, 9.17) is 4.74 Å². The molecule has 0 atom stereocenters. The van der Waals surface area contributed by atoms with E-state index in [-0.39, 0.29) is 17.7 Å². The summed E-state index contributed by atoms with van der Waals surface area (Å²) in [5, 5.41) is 9.37. The first-order valence-electron chi connectivity index (χ1n) is 10.3. The van der Waals surface area contributed by atoms with E-state index in [0.29, 0.717) is 5.75 Å². The van der Waals surface area contributed by atoms with Crippen LogP contribution in [0.1, 0.15) is 46.3 Å². The summed E-state index contributed by atoms with van der Waals surface area (Å²) in [6, 6.07) is 16.3. The monoisotopic (exact) mass is 452 g/mol. The van der Waals surface area contributed by atoms with Crippen LogP contribution in [0.3, 0.4) is 0 Å². The highest BCUT2D eigenvalue weighted by atomic mass is 32.2. The third-order valence-electron chi connectivity index (χ3n) is 5.59. The number of hydrogen-bond donors (Lipinski definition) is 1. The maximum absolute atomic E-state index is 14.1. The molecule has 0 aliphatic heterocycles. The highest BCUT2D eigenvalue weighted by Gasteiger charge is 2.22. The third-order valence-corrected chi connectivity index (χ3v) is 6.31. The normalized spacial score (nSPS) is 13.5. The number of carbonyl (C=O) groups is 1. The fraction of sp³-hybridized carbons (Fsp3) is 0.192. The summed E-state index contributed by atoms with van der Waals surface area (Å²) in [5.74, 6) is -1.60. The van der Waals surface area contributed by atoms with Gasteiger partial charge in [-0.2, -0.15) is 0 Å². The number of ether oxygens (including phenoxy) is 1. The predicted molar refractivity (Wildman–Crippen MR) is 123 cm³/mol. The largest absolute Gasteiger partial charge is 0.488 e. The second-order valence-electron chi connectivity index (χ2n) is 7.58. The average Bonchev–Trinajstić information content (AvgIpc) is 3.28. The molecule has 1 aliphatic rings. The molecule has 0 amide bonds. The van der Waals surface area contributed by atoms with Crippen LogP contribution in [-0.2, 0) is 6.61 Å². The Morgan fingerprint density at radius 3 is 2.59 bits per heavy atom. The molecule has 0 saturated heterocycles. The fourth-order valence-electron chi connectivity index (χ4n) is 3.99. The minimum atomic E-state index is -0.957. The number of allylic oxidation sites excluding steroid dienone is 2. The van der Waals surface area contributed by atoms with Crippen molar-refractivity contribution in [3.05, 3.63) is 94.6 Å². The van der Waals surface area contributed by atoms with Gasteiger partial charge in [0.2, 0.25) is 0 Å². The Balaban J connectivity index is 1.73. The van der Waals surface area contributed by atoms with Crippen LogP contribution in [0.2, 0.25) is 0 Å². The van der Waals surface area contributed by atoms with E-state index in [9.17, 15) is 18.7 Å². The lowest BCUT2D eigenvalue weighted by molar-refractivity contribution is 0.0697. The summed E-state index contributed by atoms with van der Waals surface area (Å²) >= 11 is 1.61. The Kier molecular flexibility index (Phi) is 6.61. The van der Waals surface area contributed by atoms with Gasteiger partial charge in [0.15, 0.2) is 0 Å². The number of carboxylic acid groups (broad SMARTS) is 1. The van der Waals surface area contributed by atoms with Crippen molar-refractivity contribution in [1.29, 1.82) is 0 Å². The summed E-state index contributed by atoms with van der Waals surface area (Å²) in [6.45, 7) is -0.0190. The molecule has 4 rings (SSSR count). The van der Waals surface area contributed by atoms with Gasteiger partial charge >= 0.3 is 5.97 Å². The number of halogens is 2. The minimum Gasteiger partial charge on any atom is -0.488 e. The van der Waals surface area contributed by atoms with Crippen LogP contribution in [-0.4, -0.2) is 17.3 Å². The standard InChI is InChI=1S/C26H22F2O3S/c1-32-20-10-11-25(31-15-18-8-9-19(27)13-24(18)28)23(14-20)22-7-3-6-21(22)16-4-2-5-17(12-16)26(29)30/h2,4-5,8-14H,3,6-7,15H2,1H3,(H,29,30). The number of carboxylic acids is 1. The van der Waals surface area contributed by atoms with Gasteiger partial charge in [0.1, 0.15) is 24.0 Å². The van der Waals surface area contributed by atoms with Crippen LogP contribution >= 0.6 is 11.8 Å². The molecule has 0 aromatic heterocycles. The van der Waals surface area contributed by atoms with E-state index >= 15 is 0 Å². The van der Waals surface area contributed by atoms with E-state index in [0.717, 1.165) is 52.5 Å². The highest BCUT2D eigenvalue weighted by molar-refractivity contribution is 7.98. The lowest BCUT2D eigenvalue weighted by Gasteiger charge is -2.16. The maximum Gasteiger partial charge on any atom is 0.335 e. The Morgan fingerprint density at radius 1 is 1.03 bits per heavy atom. The molecule has 3 aromatic rings. The molecule has 0 saturated carbocycles. The molecule has 0 bridgehead atoms. The van der Waals surface area contributed by atoms with Crippen molar-refractivity contribution in [2.75, 3.05) is 6.26 Å². The fourth-order valence-corrected chi connectivity index (χ4v) is 4.43. The minimum absolute atomic E-state index is 0.0190. The summed E-state index contributed by atoms with van der Waals surface area (Å²) in [4.78, 5) is 12.5. The van der Waals surface area contributed by atoms with Gasteiger partial charge < -0.3 is 9.84 Å². The van der Waals surface area contributed by atoms with Crippen LogP contribution in [0.25, 0.3) is 11.1 Å². The van der Waals surface area contributed by atoms with Gasteiger partial charge in [0.25, 0.3) is 0 Å². The second-order valence-corrected chi connectivity index (χ2v) is 8.46. The van der Waals surface area contributed by atoms with Gasteiger partial charge in [-0.05, 0) is 84.7 Å². The topological polar surface area (TPSA) is 46.5 Å². The van der Waals surface area contributed by atoms with Crippen molar-refractivity contribution in [3.8, 4) is 5.75 Å². The van der Waals surface area contributed by atoms with E-state index in [1.807, 2.05) is 24.5 Å². The third kappa shape index (κ3) is 4.70. The van der Waals surface area contributed by atoms with Crippen molar-refractivity contribution in [2.24, 2.45) is 0 Å². The second kappa shape index (κ2) is 9.57. The van der Waals surface area contributed by atoms with Crippen molar-refractivity contribution in [1.82, 2.24) is 0 Å². The molecule has 3 nitrogen and oxygen atoms in total. The number of aromatic carboxylic acids is 1. The van der Waals surface area contributed by atoms with Gasteiger partial charge in [-0.25, -0.2) is 13.6 Å². The summed E-state index contributed by atoms with van der Waals surface area (Å²) in [6.07, 6.45) is 4.63. The highest BCUT2D eigenvalue weighted by Crippen LogP contribution is 2.44. The number of rotatable bonds is 7. The van der Waals surface area contributed by atoms with Crippen LogP contribution in [0.15, 0.2) is 65.6 Å². The molecule has 1 N–H and O–H groups in total. The van der Waals surface area contributed by atoms with Gasteiger partial charge in [0, 0.05) is 22.1 Å². The quantitative estimate of drug-likeness (QED) is 0.390. The molecule has 32 heavy (non-hydrogen) atoms. The van der Waals surface area contributed by atoms with Crippen molar-refractivity contribution in [3.63, 3.8) is 0 Å². The van der Waals surface area contributed by atoms with Crippen LogP contribution in [0, 0.1) is 11.6 Å². The van der Waals surface area contributed by atoms with Gasteiger partial charge in [-0.15, -0.1) is 11.8 Å². The molecule has 0 spiro atoms. The van der Waals surface area contributed by atoms with Crippen molar-refractivity contribution < 1.29 is 23.4 Å². The number of hydrogen-bond acceptors (Lipinski definition) is 3. The summed E-state index contributed by atoms with van der Waals surface area (Å²) in [7, 11) is 0. The average molecular weight is 453 g/mol. The first kappa shape index (κ1) is 22.1. The molecule has 0 fully saturated rings. The van der Waals surface area contributed by atoms with E-state index < -0.39 is 17.6 Å². The summed E-state index contributed by atoms with van der Waals surface area (Å²) < 4.78 is 33.3. The van der Waals surface area contributed by atoms with Crippen LogP contribution in [0.4, 0.5) is 8.78 Å². The van der Waals surface area contributed by atoms with Crippen molar-refractivity contribution in [2.45, 2.75) is 30.8 Å². The van der Waals surface area contributed by atoms with Crippen molar-refractivity contribution >= 4 is 28.9 Å². The molecule has 0 heterocycles. The maximum atomic E-state index is 14.1. The predicted octanol–water partition coefficient (Wildman–Crippen LogP) is 7.06. The zero-order valence-electron chi connectivity index (χ0n) is 17.5. The van der Waals surface area contributed by atoms with E-state index in [1.165, 1.54) is 12.1 Å². The molecular weight excluding hydrogens is 430 g/mol. The Bertz CT molecular complexity index is 1200. The SMILES string of the molecule is CSc1ccc(OCc2ccc(F)cc2F)c(C2=C(c3cccc(C(=O)O)c3)CCC2)c1. The first-order chi connectivity index (χ1) is 15.5. The number of benzene rings is 3. The molecule has 3 aromatic carbocycles. The van der Waals surface area contributed by atoms with Gasteiger partial charge in [-0.1, -0.05) is 12.1 Å². The molecule has 0 unspecified atom stereocenters. The Labute approximate surface area is 189 Å². The van der Waals surface area contributed by atoms with E-state index in [1.54, 1.807) is 30.0 Å². The number of thioether (sulfide) groups is 1. The summed E-state index contributed by atoms with van der Waals surface area (Å²) in [5.41, 5.74) is 4.56. The van der Waals surface area contributed by atoms with Gasteiger partial charge in [-0.3, -0.25) is 0 Å². The Morgan fingerprint density at radius 2 is 1.84 bits per heavy atom. The smallest absolute Gasteiger partial charge is 0.335 e. The lowest BCUT2D eigenvalue weighted by atomic mass is 9.95. The van der Waals surface area contributed by atoms with E-state index in [2.05, 4.69) is 6.07 Å². The lowest BCUT2D eigenvalue weighted by Crippen LogP contribution is -2.02. The van der Waals surface area contributed by atoms with Crippen LogP contribution < -0.4 is 4.74 Å². The molecular formula is C26H22F2O3S. The zero-order chi connectivity index (χ0) is 22.7. The Hall–Kier alpha value is -3.12. The zero-order valence-corrected chi connectivity index (χ0v) is 18.3. The molecule has 0 radical (unpaired) electrons. The van der Waals surface area contributed by atoms with Crippen LogP contribution in [0.5, 0.6) is 5.75 Å². The molecule has 6 heteroatoms. The molecule has 1 aliphatic carbocycles.